The van der Waals surface area contributed by atoms with E-state index in [0.29, 0.717) is 5.82 Å². The van der Waals surface area contributed by atoms with E-state index in [1.807, 2.05) is 13.8 Å². The number of aliphatic hydroxyl groups excluding tert-OH is 1. The van der Waals surface area contributed by atoms with Gasteiger partial charge < -0.3 is 10.8 Å². The van der Waals surface area contributed by atoms with Crippen molar-refractivity contribution in [1.82, 2.24) is 9.97 Å². The van der Waals surface area contributed by atoms with Crippen LogP contribution in [0, 0.1) is 0 Å². The van der Waals surface area contributed by atoms with Crippen LogP contribution in [-0.4, -0.2) is 26.9 Å². The van der Waals surface area contributed by atoms with Crippen molar-refractivity contribution in [3.05, 3.63) is 11.9 Å². The fraction of sp³-hybridized carbons (Fsp3) is 0.556. The topological polar surface area (TPSA) is 72.0 Å². The lowest BCUT2D eigenvalue weighted by Gasteiger charge is -2.11. The average Bonchev–Trinajstić information content (AvgIpc) is 2.18. The first-order valence-electron chi connectivity index (χ1n) is 4.55. The number of rotatable bonds is 4. The van der Waals surface area contributed by atoms with Crippen LogP contribution in [0.25, 0.3) is 0 Å². The Morgan fingerprint density at radius 3 is 2.86 bits per heavy atom. The van der Waals surface area contributed by atoms with Gasteiger partial charge in [-0.05, 0) is 6.42 Å². The van der Waals surface area contributed by atoms with Crippen LogP contribution < -0.4 is 5.73 Å². The number of aliphatic hydroxyl groups is 1. The highest BCUT2D eigenvalue weighted by Gasteiger charge is 2.10. The maximum Gasteiger partial charge on any atom is 0.131 e. The van der Waals surface area contributed by atoms with Crippen LogP contribution in [0.1, 0.15) is 19.4 Å². The van der Waals surface area contributed by atoms with Crippen molar-refractivity contribution >= 4 is 17.6 Å². The summed E-state index contributed by atoms with van der Waals surface area (Å²) in [6.07, 6.45) is 2.27. The second kappa shape index (κ2) is 5.17. The molecule has 1 aromatic rings. The molecule has 1 heterocycles. The van der Waals surface area contributed by atoms with Gasteiger partial charge in [0.25, 0.3) is 0 Å². The fourth-order valence-corrected chi connectivity index (χ4v) is 2.03. The quantitative estimate of drug-likeness (QED) is 0.578. The summed E-state index contributed by atoms with van der Waals surface area (Å²) in [7, 11) is 0. The number of nitrogens with two attached hydrogens (primary N) is 1. The summed E-state index contributed by atoms with van der Waals surface area (Å²) >= 11 is 1.53. The Morgan fingerprint density at radius 1 is 1.57 bits per heavy atom. The van der Waals surface area contributed by atoms with Crippen molar-refractivity contribution in [2.24, 2.45) is 0 Å². The van der Waals surface area contributed by atoms with Gasteiger partial charge in [0.2, 0.25) is 0 Å². The van der Waals surface area contributed by atoms with Gasteiger partial charge in [-0.3, -0.25) is 0 Å². The lowest BCUT2D eigenvalue weighted by molar-refractivity contribution is 0.300. The zero-order chi connectivity index (χ0) is 10.6. The highest BCUT2D eigenvalue weighted by Crippen LogP contribution is 2.26. The zero-order valence-corrected chi connectivity index (χ0v) is 9.21. The van der Waals surface area contributed by atoms with E-state index >= 15 is 0 Å². The predicted octanol–water partition coefficient (Wildman–Crippen LogP) is 1.09. The molecule has 5 heteroatoms. The molecule has 0 aliphatic carbocycles. The summed E-state index contributed by atoms with van der Waals surface area (Å²) in [5, 5.41) is 9.94. The first-order chi connectivity index (χ1) is 6.69. The average molecular weight is 213 g/mol. The molecule has 14 heavy (non-hydrogen) atoms. The Labute approximate surface area is 88.0 Å². The van der Waals surface area contributed by atoms with Gasteiger partial charge in [-0.25, -0.2) is 9.97 Å². The van der Waals surface area contributed by atoms with Crippen LogP contribution in [0.5, 0.6) is 0 Å². The SMILES string of the molecule is CCc1c(N)ncnc1SC(C)CO. The summed E-state index contributed by atoms with van der Waals surface area (Å²) in [6.45, 7) is 4.10. The number of nitrogens with zero attached hydrogens (tertiary/aromatic N) is 2. The summed E-state index contributed by atoms with van der Waals surface area (Å²) in [4.78, 5) is 8.09. The van der Waals surface area contributed by atoms with Crippen molar-refractivity contribution < 1.29 is 5.11 Å². The first kappa shape index (κ1) is 11.3. The number of aromatic nitrogens is 2. The number of hydrogen-bond acceptors (Lipinski definition) is 5. The molecule has 0 aromatic carbocycles. The molecule has 0 saturated carbocycles. The molecule has 0 radical (unpaired) electrons. The maximum atomic E-state index is 8.93. The Balaban J connectivity index is 2.90. The molecule has 0 aliphatic rings. The third-order valence-corrected chi connectivity index (χ3v) is 2.99. The van der Waals surface area contributed by atoms with Crippen LogP contribution in [0.15, 0.2) is 11.4 Å². The van der Waals surface area contributed by atoms with E-state index in [-0.39, 0.29) is 11.9 Å². The van der Waals surface area contributed by atoms with Crippen molar-refractivity contribution in [3.8, 4) is 0 Å². The molecule has 4 nitrogen and oxygen atoms in total. The molecule has 0 amide bonds. The van der Waals surface area contributed by atoms with Gasteiger partial charge in [-0.1, -0.05) is 13.8 Å². The zero-order valence-electron chi connectivity index (χ0n) is 8.40. The third kappa shape index (κ3) is 2.59. The third-order valence-electron chi connectivity index (χ3n) is 1.86. The molecule has 1 unspecified atom stereocenters. The van der Waals surface area contributed by atoms with E-state index in [1.165, 1.54) is 18.1 Å². The first-order valence-corrected chi connectivity index (χ1v) is 5.43. The van der Waals surface area contributed by atoms with Crippen LogP contribution in [0.3, 0.4) is 0 Å². The van der Waals surface area contributed by atoms with Crippen LogP contribution >= 0.6 is 11.8 Å². The number of hydrogen-bond donors (Lipinski definition) is 2. The Morgan fingerprint density at radius 2 is 2.29 bits per heavy atom. The standard InChI is InChI=1S/C9H15N3OS/c1-3-7-8(10)11-5-12-9(7)14-6(2)4-13/h5-6,13H,3-4H2,1-2H3,(H2,10,11,12). The molecule has 0 saturated heterocycles. The lowest BCUT2D eigenvalue weighted by Crippen LogP contribution is -2.06. The molecule has 0 aliphatic heterocycles. The second-order valence-corrected chi connectivity index (χ2v) is 4.43. The van der Waals surface area contributed by atoms with E-state index in [9.17, 15) is 0 Å². The maximum absolute atomic E-state index is 8.93. The monoisotopic (exact) mass is 213 g/mol. The number of anilines is 1. The largest absolute Gasteiger partial charge is 0.395 e. The van der Waals surface area contributed by atoms with E-state index < -0.39 is 0 Å². The predicted molar refractivity (Wildman–Crippen MR) is 58.2 cm³/mol. The summed E-state index contributed by atoms with van der Waals surface area (Å²) in [5.41, 5.74) is 6.69. The smallest absolute Gasteiger partial charge is 0.131 e. The fourth-order valence-electron chi connectivity index (χ4n) is 1.07. The second-order valence-electron chi connectivity index (χ2n) is 3.01. The molecular weight excluding hydrogens is 198 g/mol. The number of nitrogen functional groups attached to an aromatic ring is 1. The summed E-state index contributed by atoms with van der Waals surface area (Å²) in [6, 6.07) is 0. The number of thioether (sulfide) groups is 1. The molecule has 78 valence electrons. The molecule has 0 fully saturated rings. The van der Waals surface area contributed by atoms with Crippen molar-refractivity contribution in [1.29, 1.82) is 0 Å². The molecule has 0 bridgehead atoms. The molecule has 1 atom stereocenters. The Kier molecular flexibility index (Phi) is 4.16. The van der Waals surface area contributed by atoms with Gasteiger partial charge in [0.05, 0.1) is 6.61 Å². The molecule has 3 N–H and O–H groups in total. The normalized spacial score (nSPS) is 12.8. The highest BCUT2D eigenvalue weighted by atomic mass is 32.2. The van der Waals surface area contributed by atoms with Gasteiger partial charge in [0.1, 0.15) is 17.2 Å². The minimum atomic E-state index is 0.134. The van der Waals surface area contributed by atoms with Crippen LogP contribution in [0.2, 0.25) is 0 Å². The van der Waals surface area contributed by atoms with Gasteiger partial charge in [0.15, 0.2) is 0 Å². The van der Waals surface area contributed by atoms with Crippen molar-refractivity contribution in [2.45, 2.75) is 30.5 Å². The van der Waals surface area contributed by atoms with Crippen LogP contribution in [0.4, 0.5) is 5.82 Å². The van der Waals surface area contributed by atoms with Crippen LogP contribution in [-0.2, 0) is 6.42 Å². The van der Waals surface area contributed by atoms with Gasteiger partial charge in [0, 0.05) is 10.8 Å². The van der Waals surface area contributed by atoms with E-state index in [4.69, 9.17) is 10.8 Å². The molecule has 0 spiro atoms. The highest BCUT2D eigenvalue weighted by molar-refractivity contribution is 7.99. The lowest BCUT2D eigenvalue weighted by atomic mass is 10.2. The molecule has 1 rings (SSSR count). The summed E-state index contributed by atoms with van der Waals surface area (Å²) < 4.78 is 0. The van der Waals surface area contributed by atoms with Gasteiger partial charge in [-0.15, -0.1) is 11.8 Å². The minimum absolute atomic E-state index is 0.134. The molecular formula is C9H15N3OS. The van der Waals surface area contributed by atoms with Gasteiger partial charge >= 0.3 is 0 Å². The Hall–Kier alpha value is -0.810. The summed E-state index contributed by atoms with van der Waals surface area (Å²) in [5.74, 6) is 0.537. The Bertz CT molecular complexity index is 306. The van der Waals surface area contributed by atoms with E-state index in [1.54, 1.807) is 0 Å². The van der Waals surface area contributed by atoms with Crippen molar-refractivity contribution in [2.75, 3.05) is 12.3 Å². The molecule has 1 aromatic heterocycles. The van der Waals surface area contributed by atoms with Crippen molar-refractivity contribution in [3.63, 3.8) is 0 Å². The minimum Gasteiger partial charge on any atom is -0.395 e. The van der Waals surface area contributed by atoms with Gasteiger partial charge in [-0.2, -0.15) is 0 Å². The van der Waals surface area contributed by atoms with E-state index in [2.05, 4.69) is 9.97 Å². The van der Waals surface area contributed by atoms with E-state index in [0.717, 1.165) is 17.0 Å².